The minimum atomic E-state index is -4.89. The van der Waals surface area contributed by atoms with Crippen LogP contribution in [0.3, 0.4) is 0 Å². The highest BCUT2D eigenvalue weighted by Gasteiger charge is 2.37. The Bertz CT molecular complexity index is 3940. The lowest BCUT2D eigenvalue weighted by Crippen LogP contribution is -2.12. The summed E-state index contributed by atoms with van der Waals surface area (Å²) in [7, 11) is 0. The summed E-state index contributed by atoms with van der Waals surface area (Å²) in [5, 5.41) is 25.8. The molecule has 10 aromatic carbocycles. The third kappa shape index (κ3) is 7.44. The molecule has 0 radical (unpaired) electrons. The monoisotopic (exact) mass is 962 g/mol. The molecule has 354 valence electrons. The van der Waals surface area contributed by atoms with Crippen molar-refractivity contribution < 1.29 is 13.2 Å². The number of aromatic nitrogens is 2. The van der Waals surface area contributed by atoms with Crippen molar-refractivity contribution in [1.82, 2.24) is 9.13 Å². The second kappa shape index (κ2) is 17.7. The molecule has 4 nitrogen and oxygen atoms in total. The first-order chi connectivity index (χ1) is 35.9. The summed E-state index contributed by atoms with van der Waals surface area (Å²) in [5.74, 6) is 0. The molecule has 2 aromatic heterocycles. The van der Waals surface area contributed by atoms with Crippen LogP contribution < -0.4 is 0 Å². The molecule has 0 fully saturated rings. The molecule has 0 aliphatic carbocycles. The lowest BCUT2D eigenvalue weighted by Gasteiger charge is -2.24. The predicted molar refractivity (Wildman–Crippen MR) is 296 cm³/mol. The highest BCUT2D eigenvalue weighted by atomic mass is 19.4. The molecule has 7 heteroatoms. The van der Waals surface area contributed by atoms with Crippen molar-refractivity contribution in [3.05, 3.63) is 239 Å². The van der Waals surface area contributed by atoms with Gasteiger partial charge in [0.25, 0.3) is 0 Å². The van der Waals surface area contributed by atoms with E-state index in [0.717, 1.165) is 116 Å². The number of benzene rings is 10. The Morgan fingerprint density at radius 1 is 0.365 bits per heavy atom. The molecule has 12 rings (SSSR count). The van der Waals surface area contributed by atoms with Crippen LogP contribution >= 0.6 is 0 Å². The average Bonchev–Trinajstić information content (AvgIpc) is 3.91. The number of nitriles is 2. The zero-order chi connectivity index (χ0) is 51.0. The Hall–Kier alpha value is -9.43. The number of fused-ring (bicyclic) bond motifs is 6. The zero-order valence-corrected chi connectivity index (χ0v) is 41.0. The Labute approximate surface area is 426 Å². The minimum Gasteiger partial charge on any atom is -0.308 e. The molecule has 0 atom stereocenters. The first kappa shape index (κ1) is 45.7. The fourth-order valence-electron chi connectivity index (χ4n) is 11.2. The molecule has 0 unspecified atom stereocenters. The number of rotatable bonds is 7. The van der Waals surface area contributed by atoms with Gasteiger partial charge in [0, 0.05) is 32.7 Å². The molecular formula is C67H45F3N4. The third-order valence-electron chi connectivity index (χ3n) is 14.8. The van der Waals surface area contributed by atoms with Gasteiger partial charge in [-0.25, -0.2) is 0 Å². The van der Waals surface area contributed by atoms with Gasteiger partial charge in [-0.3, -0.25) is 0 Å². The van der Waals surface area contributed by atoms with Crippen LogP contribution in [0, 0.1) is 50.4 Å². The van der Waals surface area contributed by atoms with Gasteiger partial charge in [-0.05, 0) is 143 Å². The maximum absolute atomic E-state index is 16.1. The number of nitrogens with zero attached hydrogens (tertiary/aromatic N) is 4. The van der Waals surface area contributed by atoms with E-state index in [1.54, 1.807) is 12.1 Å². The Morgan fingerprint density at radius 2 is 0.703 bits per heavy atom. The van der Waals surface area contributed by atoms with Gasteiger partial charge in [-0.1, -0.05) is 152 Å². The highest BCUT2D eigenvalue weighted by Crippen LogP contribution is 2.49. The van der Waals surface area contributed by atoms with Gasteiger partial charge in [0.1, 0.15) is 0 Å². The summed E-state index contributed by atoms with van der Waals surface area (Å²) in [6.07, 6.45) is -4.89. The molecule has 12 aromatic rings. The fraction of sp³-hybridized carbons (Fsp3) is 0.0746. The van der Waals surface area contributed by atoms with E-state index in [-0.39, 0.29) is 22.3 Å². The Kier molecular flexibility index (Phi) is 10.9. The van der Waals surface area contributed by atoms with E-state index in [9.17, 15) is 10.5 Å². The first-order valence-electron chi connectivity index (χ1n) is 24.5. The normalized spacial score (nSPS) is 11.7. The SMILES string of the molecule is Cc1ccccc1-c1ccc2c3ccc(-c4ccccc4C)cc3n(-c3cc(C#N)cc(-n4c5cc(-c6ccccc6C)ccc5c5ccc(-c6ccccc6C)cc54)c3-c3c(C#N)cccc3C(F)(F)F)c2c1. The van der Waals surface area contributed by atoms with Gasteiger partial charge < -0.3 is 9.13 Å². The van der Waals surface area contributed by atoms with Crippen LogP contribution in [0.4, 0.5) is 13.2 Å². The molecule has 74 heavy (non-hydrogen) atoms. The summed E-state index contributed by atoms with van der Waals surface area (Å²) >= 11 is 0. The number of hydrogen-bond acceptors (Lipinski definition) is 2. The predicted octanol–water partition coefficient (Wildman–Crippen LogP) is 18.2. The molecule has 0 N–H and O–H groups in total. The van der Waals surface area contributed by atoms with E-state index in [4.69, 9.17) is 0 Å². The summed E-state index contributed by atoms with van der Waals surface area (Å²) in [6, 6.07) is 69.3. The first-order valence-corrected chi connectivity index (χ1v) is 24.5. The van der Waals surface area contributed by atoms with Gasteiger partial charge in [-0.2, -0.15) is 23.7 Å². The maximum Gasteiger partial charge on any atom is 0.417 e. The van der Waals surface area contributed by atoms with Crippen LogP contribution in [-0.4, -0.2) is 9.13 Å². The van der Waals surface area contributed by atoms with Crippen LogP contribution in [-0.2, 0) is 6.18 Å². The second-order valence-electron chi connectivity index (χ2n) is 19.2. The van der Waals surface area contributed by atoms with E-state index < -0.39 is 11.7 Å². The third-order valence-corrected chi connectivity index (χ3v) is 14.8. The summed E-state index contributed by atoms with van der Waals surface area (Å²) in [6.45, 7) is 8.23. The van der Waals surface area contributed by atoms with Gasteiger partial charge in [0.05, 0.1) is 62.3 Å². The van der Waals surface area contributed by atoms with E-state index in [1.165, 1.54) is 12.1 Å². The molecule has 0 spiro atoms. The van der Waals surface area contributed by atoms with Gasteiger partial charge in [-0.15, -0.1) is 0 Å². The lowest BCUT2D eigenvalue weighted by atomic mass is 9.90. The van der Waals surface area contributed by atoms with Crippen molar-refractivity contribution in [2.45, 2.75) is 33.9 Å². The quantitative estimate of drug-likeness (QED) is 0.160. The van der Waals surface area contributed by atoms with E-state index in [1.807, 2.05) is 57.7 Å². The van der Waals surface area contributed by atoms with Crippen LogP contribution in [0.2, 0.25) is 0 Å². The summed E-state index contributed by atoms with van der Waals surface area (Å²) in [5.41, 5.74) is 14.4. The summed E-state index contributed by atoms with van der Waals surface area (Å²) < 4.78 is 52.3. The van der Waals surface area contributed by atoms with Crippen molar-refractivity contribution >= 4 is 43.6 Å². The number of hydrogen-bond donors (Lipinski definition) is 0. The minimum absolute atomic E-state index is 0.149. The van der Waals surface area contributed by atoms with Crippen molar-refractivity contribution in [3.63, 3.8) is 0 Å². The Morgan fingerprint density at radius 3 is 1.00 bits per heavy atom. The van der Waals surface area contributed by atoms with Crippen molar-refractivity contribution in [2.24, 2.45) is 0 Å². The largest absolute Gasteiger partial charge is 0.417 e. The second-order valence-corrected chi connectivity index (χ2v) is 19.2. The van der Waals surface area contributed by atoms with Crippen LogP contribution in [0.15, 0.2) is 200 Å². The zero-order valence-electron chi connectivity index (χ0n) is 41.0. The molecule has 0 saturated heterocycles. The van der Waals surface area contributed by atoms with E-state index >= 15 is 13.2 Å². The maximum atomic E-state index is 16.1. The number of halogens is 3. The smallest absolute Gasteiger partial charge is 0.308 e. The average molecular weight is 963 g/mol. The summed E-state index contributed by atoms with van der Waals surface area (Å²) in [4.78, 5) is 0. The Balaban J connectivity index is 1.31. The molecular weight excluding hydrogens is 918 g/mol. The van der Waals surface area contributed by atoms with Crippen molar-refractivity contribution in [3.8, 4) is 79.1 Å². The van der Waals surface area contributed by atoms with Crippen molar-refractivity contribution in [1.29, 1.82) is 10.5 Å². The van der Waals surface area contributed by atoms with Gasteiger partial charge in [0.15, 0.2) is 0 Å². The van der Waals surface area contributed by atoms with Gasteiger partial charge >= 0.3 is 6.18 Å². The van der Waals surface area contributed by atoms with E-state index in [2.05, 4.69) is 161 Å². The fourth-order valence-corrected chi connectivity index (χ4v) is 11.2. The lowest BCUT2D eigenvalue weighted by molar-refractivity contribution is -0.137. The topological polar surface area (TPSA) is 57.4 Å². The number of aryl methyl sites for hydroxylation is 4. The van der Waals surface area contributed by atoms with Gasteiger partial charge in [0.2, 0.25) is 0 Å². The van der Waals surface area contributed by atoms with E-state index in [0.29, 0.717) is 11.4 Å². The number of alkyl halides is 3. The highest BCUT2D eigenvalue weighted by molar-refractivity contribution is 6.14. The molecule has 0 bridgehead atoms. The van der Waals surface area contributed by atoms with Crippen LogP contribution in [0.1, 0.15) is 38.9 Å². The molecule has 0 amide bonds. The van der Waals surface area contributed by atoms with Crippen LogP contribution in [0.25, 0.3) is 111 Å². The molecule has 0 saturated carbocycles. The molecule has 0 aliphatic rings. The van der Waals surface area contributed by atoms with Crippen LogP contribution in [0.5, 0.6) is 0 Å². The molecule has 2 heterocycles. The standard InChI is InChI=1S/C67H45F3N4/c1-40-14-5-9-19-50(40)45-24-28-54-55-29-25-46(51-20-10-6-15-41(51)2)35-60(55)73(59(54)34-45)63-32-44(38-71)33-64(66(63)65-49(39-72)18-13-23-58(65)67(68,69)70)74-61-36-47(52-21-11-7-16-42(52)3)26-30-56(61)57-31-27-48(37-62(57)74)53-22-12-8-17-43(53)4/h5-37H,1-4H3. The molecule has 0 aliphatic heterocycles. The van der Waals surface area contributed by atoms with Crippen molar-refractivity contribution in [2.75, 3.05) is 0 Å².